The first-order valence-corrected chi connectivity index (χ1v) is 12.7. The Hall–Kier alpha value is -3.66. The second kappa shape index (κ2) is 8.77. The molecule has 0 amide bonds. The smallest absolute Gasteiger partial charge is 0.185 e. The summed E-state index contributed by atoms with van der Waals surface area (Å²) in [5.74, 6) is 1.89. The summed E-state index contributed by atoms with van der Waals surface area (Å²) in [5, 5.41) is 8.18. The predicted molar refractivity (Wildman–Crippen MR) is 137 cm³/mol. The number of hydrogen-bond acceptors (Lipinski definition) is 8. The zero-order valence-corrected chi connectivity index (χ0v) is 21.1. The molecule has 5 heterocycles. The fraction of sp³-hybridized carbons (Fsp3) is 0.346. The highest BCUT2D eigenvalue weighted by atomic mass is 32.1. The normalized spacial score (nSPS) is 15.6. The van der Waals surface area contributed by atoms with Crippen LogP contribution in [0.15, 0.2) is 46.3 Å². The average Bonchev–Trinajstić information content (AvgIpc) is 3.60. The van der Waals surface area contributed by atoms with Crippen LogP contribution in [0.2, 0.25) is 0 Å². The number of hydrogen-bond donors (Lipinski definition) is 0. The summed E-state index contributed by atoms with van der Waals surface area (Å²) in [5.41, 5.74) is 2.72. The average molecular weight is 508 g/mol. The molecule has 1 aromatic carbocycles. The Balaban J connectivity index is 1.25. The number of benzene rings is 1. The van der Waals surface area contributed by atoms with Crippen LogP contribution in [-0.4, -0.2) is 45.5 Å². The molecule has 0 atom stereocenters. The van der Waals surface area contributed by atoms with Gasteiger partial charge in [0.15, 0.2) is 16.5 Å². The van der Waals surface area contributed by atoms with E-state index in [1.807, 2.05) is 48.8 Å². The molecule has 36 heavy (non-hydrogen) atoms. The van der Waals surface area contributed by atoms with Crippen molar-refractivity contribution >= 4 is 33.1 Å². The highest BCUT2D eigenvalue weighted by Crippen LogP contribution is 2.37. The molecule has 0 aliphatic carbocycles. The van der Waals surface area contributed by atoms with Crippen LogP contribution in [0.4, 0.5) is 9.52 Å². The number of nitrogens with zero attached hydrogens (tertiary/aromatic N) is 5. The van der Waals surface area contributed by atoms with E-state index in [4.69, 9.17) is 18.9 Å². The van der Waals surface area contributed by atoms with Crippen molar-refractivity contribution in [2.24, 2.45) is 0 Å². The molecule has 0 N–H and O–H groups in total. The van der Waals surface area contributed by atoms with Crippen molar-refractivity contribution in [3.8, 4) is 23.0 Å². The summed E-state index contributed by atoms with van der Waals surface area (Å²) in [7, 11) is 1.61. The first-order valence-electron chi connectivity index (χ1n) is 11.8. The van der Waals surface area contributed by atoms with E-state index in [1.54, 1.807) is 29.9 Å². The quantitative estimate of drug-likeness (QED) is 0.286. The molecule has 1 aliphatic rings. The minimum atomic E-state index is -1.08. The molecular formula is C26H26FN5O3S. The van der Waals surface area contributed by atoms with Crippen LogP contribution >= 0.6 is 11.3 Å². The van der Waals surface area contributed by atoms with Crippen LogP contribution in [-0.2, 0) is 6.61 Å². The Morgan fingerprint density at radius 3 is 2.81 bits per heavy atom. The molecule has 0 bridgehead atoms. The molecule has 4 aromatic heterocycles. The Bertz CT molecular complexity index is 1550. The first-order chi connectivity index (χ1) is 17.4. The number of halogens is 1. The van der Waals surface area contributed by atoms with E-state index in [2.05, 4.69) is 15.0 Å². The van der Waals surface area contributed by atoms with Gasteiger partial charge in [-0.25, -0.2) is 18.9 Å². The number of methoxy groups -OCH3 is 1. The first kappa shape index (κ1) is 22.8. The molecule has 186 valence electrons. The van der Waals surface area contributed by atoms with Crippen LogP contribution in [0.5, 0.6) is 11.5 Å². The van der Waals surface area contributed by atoms with Crippen molar-refractivity contribution in [3.05, 3.63) is 53.3 Å². The molecule has 5 aromatic rings. The zero-order chi connectivity index (χ0) is 24.9. The zero-order valence-electron chi connectivity index (χ0n) is 20.3. The van der Waals surface area contributed by atoms with Crippen molar-refractivity contribution in [1.82, 2.24) is 19.6 Å². The van der Waals surface area contributed by atoms with E-state index in [9.17, 15) is 4.39 Å². The highest BCUT2D eigenvalue weighted by molar-refractivity contribution is 7.13. The number of alkyl halides is 1. The number of furan rings is 1. The number of thiazole rings is 1. The van der Waals surface area contributed by atoms with Gasteiger partial charge in [-0.15, -0.1) is 11.3 Å². The Morgan fingerprint density at radius 2 is 2.00 bits per heavy atom. The van der Waals surface area contributed by atoms with Gasteiger partial charge in [0, 0.05) is 30.6 Å². The Kier molecular flexibility index (Phi) is 5.55. The second-order valence-corrected chi connectivity index (χ2v) is 10.2. The van der Waals surface area contributed by atoms with Crippen LogP contribution in [0, 0.1) is 6.92 Å². The number of rotatable bonds is 6. The number of ether oxygens (including phenoxy) is 2. The predicted octanol–water partition coefficient (Wildman–Crippen LogP) is 5.82. The highest BCUT2D eigenvalue weighted by Gasteiger charge is 2.30. The molecule has 0 saturated carbocycles. The molecule has 1 aliphatic heterocycles. The van der Waals surface area contributed by atoms with Crippen LogP contribution < -0.4 is 14.4 Å². The van der Waals surface area contributed by atoms with Crippen molar-refractivity contribution in [2.45, 2.75) is 39.0 Å². The minimum Gasteiger partial charge on any atom is -0.496 e. The third kappa shape index (κ3) is 4.37. The number of aromatic nitrogens is 4. The molecule has 0 radical (unpaired) electrons. The Labute approximate surface area is 211 Å². The van der Waals surface area contributed by atoms with E-state index in [-0.39, 0.29) is 0 Å². The van der Waals surface area contributed by atoms with Crippen LogP contribution in [0.3, 0.4) is 0 Å². The van der Waals surface area contributed by atoms with E-state index in [0.717, 1.165) is 27.6 Å². The largest absolute Gasteiger partial charge is 0.496 e. The maximum absolute atomic E-state index is 14.2. The summed E-state index contributed by atoms with van der Waals surface area (Å²) < 4.78 is 33.7. The van der Waals surface area contributed by atoms with Crippen molar-refractivity contribution < 1.29 is 18.3 Å². The van der Waals surface area contributed by atoms with Gasteiger partial charge in [0.1, 0.15) is 35.1 Å². The van der Waals surface area contributed by atoms with Gasteiger partial charge in [-0.3, -0.25) is 0 Å². The number of piperidine rings is 1. The van der Waals surface area contributed by atoms with Gasteiger partial charge in [-0.2, -0.15) is 5.10 Å². The van der Waals surface area contributed by atoms with Gasteiger partial charge in [0.2, 0.25) is 0 Å². The summed E-state index contributed by atoms with van der Waals surface area (Å²) in [4.78, 5) is 11.5. The molecule has 8 nitrogen and oxygen atoms in total. The molecule has 0 unspecified atom stereocenters. The summed E-state index contributed by atoms with van der Waals surface area (Å²) in [6.45, 7) is 5.26. The van der Waals surface area contributed by atoms with E-state index >= 15 is 0 Å². The van der Waals surface area contributed by atoms with Gasteiger partial charge in [0.05, 0.1) is 30.1 Å². The monoisotopic (exact) mass is 507 g/mol. The number of fused-ring (bicyclic) bond motifs is 2. The molecule has 6 rings (SSSR count). The Morgan fingerprint density at radius 1 is 1.17 bits per heavy atom. The van der Waals surface area contributed by atoms with E-state index < -0.39 is 5.67 Å². The lowest BCUT2D eigenvalue weighted by atomic mass is 9.96. The van der Waals surface area contributed by atoms with Gasteiger partial charge >= 0.3 is 0 Å². The van der Waals surface area contributed by atoms with Crippen molar-refractivity contribution in [1.29, 1.82) is 0 Å². The van der Waals surface area contributed by atoms with Gasteiger partial charge in [-0.1, -0.05) is 0 Å². The number of imidazole rings is 1. The molecule has 10 heteroatoms. The molecule has 1 saturated heterocycles. The summed E-state index contributed by atoms with van der Waals surface area (Å²) >= 11 is 1.56. The fourth-order valence-corrected chi connectivity index (χ4v) is 5.23. The van der Waals surface area contributed by atoms with Crippen LogP contribution in [0.1, 0.15) is 31.2 Å². The number of aryl methyl sites for hydroxylation is 1. The maximum Gasteiger partial charge on any atom is 0.185 e. The summed E-state index contributed by atoms with van der Waals surface area (Å²) in [6, 6.07) is 9.45. The third-order valence-electron chi connectivity index (χ3n) is 6.51. The van der Waals surface area contributed by atoms with E-state index in [0.29, 0.717) is 61.1 Å². The van der Waals surface area contributed by atoms with Crippen molar-refractivity contribution in [2.75, 3.05) is 25.1 Å². The molecule has 0 spiro atoms. The maximum atomic E-state index is 14.2. The van der Waals surface area contributed by atoms with Crippen molar-refractivity contribution in [3.63, 3.8) is 0 Å². The topological polar surface area (TPSA) is 77.9 Å². The SMILES string of the molecule is COc1cc(OCc2csc(N3CCC(C)(F)CC3)n2)c2cc(-c3cn4nc(C)ccc4n3)oc2c1. The lowest BCUT2D eigenvalue weighted by Crippen LogP contribution is -2.40. The second-order valence-electron chi connectivity index (χ2n) is 9.36. The standard InChI is InChI=1S/C26H26FN5O3S/c1-16-4-5-24-29-20(13-32(24)30-16)23-12-19-21(10-18(33-3)11-22(19)35-23)34-14-17-15-36-25(28-17)31-8-6-26(2,27)7-9-31/h4-5,10-13,15H,6-9,14H2,1-3H3. The lowest BCUT2D eigenvalue weighted by molar-refractivity contribution is 0.149. The third-order valence-corrected chi connectivity index (χ3v) is 7.46. The molecular weight excluding hydrogens is 481 g/mol. The minimum absolute atomic E-state index is 0.297. The molecule has 1 fully saturated rings. The van der Waals surface area contributed by atoms with Gasteiger partial charge in [0.25, 0.3) is 0 Å². The van der Waals surface area contributed by atoms with Gasteiger partial charge < -0.3 is 18.8 Å². The van der Waals surface area contributed by atoms with E-state index in [1.165, 1.54) is 0 Å². The van der Waals surface area contributed by atoms with Gasteiger partial charge in [-0.05, 0) is 44.9 Å². The van der Waals surface area contributed by atoms with Crippen LogP contribution in [0.25, 0.3) is 28.1 Å². The fourth-order valence-electron chi connectivity index (χ4n) is 4.37. The summed E-state index contributed by atoms with van der Waals surface area (Å²) in [6.07, 6.45) is 2.89. The lowest BCUT2D eigenvalue weighted by Gasteiger charge is -2.33. The number of anilines is 1.